The van der Waals surface area contributed by atoms with Crippen molar-refractivity contribution in [2.75, 3.05) is 26.2 Å². The van der Waals surface area contributed by atoms with Crippen molar-refractivity contribution < 1.29 is 4.74 Å². The van der Waals surface area contributed by atoms with E-state index in [1.807, 2.05) is 6.07 Å². The van der Waals surface area contributed by atoms with Gasteiger partial charge in [-0.15, -0.1) is 0 Å². The summed E-state index contributed by atoms with van der Waals surface area (Å²) in [5.74, 6) is 0. The van der Waals surface area contributed by atoms with Crippen LogP contribution >= 0.6 is 0 Å². The van der Waals surface area contributed by atoms with Crippen molar-refractivity contribution >= 4 is 6.08 Å². The maximum absolute atomic E-state index is 5.51. The topological polar surface area (TPSA) is 12.5 Å². The SMILES string of the molecule is CC1CN(C/C=C/c2ccccc2)CCO1. The molecule has 1 heterocycles. The lowest BCUT2D eigenvalue weighted by molar-refractivity contribution is -0.0139. The number of hydrogen-bond acceptors (Lipinski definition) is 2. The van der Waals surface area contributed by atoms with Crippen LogP contribution in [-0.2, 0) is 4.74 Å². The van der Waals surface area contributed by atoms with E-state index in [1.165, 1.54) is 5.56 Å². The third kappa shape index (κ3) is 3.47. The van der Waals surface area contributed by atoms with Gasteiger partial charge in [-0.25, -0.2) is 0 Å². The van der Waals surface area contributed by atoms with Crippen molar-refractivity contribution in [2.24, 2.45) is 0 Å². The average Bonchev–Trinajstić information content (AvgIpc) is 2.30. The molecule has 1 fully saturated rings. The first kappa shape index (κ1) is 11.4. The summed E-state index contributed by atoms with van der Waals surface area (Å²) in [6.07, 6.45) is 4.78. The Morgan fingerprint density at radius 2 is 2.19 bits per heavy atom. The number of morpholine rings is 1. The minimum atomic E-state index is 0.374. The Balaban J connectivity index is 1.80. The lowest BCUT2D eigenvalue weighted by Crippen LogP contribution is -2.40. The van der Waals surface area contributed by atoms with E-state index >= 15 is 0 Å². The molecule has 0 aliphatic carbocycles. The fourth-order valence-electron chi connectivity index (χ4n) is 1.96. The molecule has 2 nitrogen and oxygen atoms in total. The Hall–Kier alpha value is -1.12. The molecule has 1 saturated heterocycles. The minimum absolute atomic E-state index is 0.374. The number of benzene rings is 1. The third-order valence-electron chi connectivity index (χ3n) is 2.80. The molecule has 0 N–H and O–H groups in total. The van der Waals surface area contributed by atoms with E-state index in [0.29, 0.717) is 6.10 Å². The summed E-state index contributed by atoms with van der Waals surface area (Å²) in [6.45, 7) is 6.10. The summed E-state index contributed by atoms with van der Waals surface area (Å²) < 4.78 is 5.51. The number of ether oxygens (including phenoxy) is 1. The molecule has 16 heavy (non-hydrogen) atoms. The average molecular weight is 217 g/mol. The Morgan fingerprint density at radius 3 is 2.94 bits per heavy atom. The summed E-state index contributed by atoms with van der Waals surface area (Å²) in [4.78, 5) is 2.42. The number of rotatable bonds is 3. The van der Waals surface area contributed by atoms with Crippen molar-refractivity contribution in [3.63, 3.8) is 0 Å². The molecule has 0 amide bonds. The zero-order valence-electron chi connectivity index (χ0n) is 9.80. The lowest BCUT2D eigenvalue weighted by atomic mass is 10.2. The first-order chi connectivity index (χ1) is 7.84. The smallest absolute Gasteiger partial charge is 0.0674 e. The van der Waals surface area contributed by atoms with Gasteiger partial charge >= 0.3 is 0 Å². The Bertz CT molecular complexity index is 334. The van der Waals surface area contributed by atoms with E-state index in [4.69, 9.17) is 4.74 Å². The quantitative estimate of drug-likeness (QED) is 0.771. The van der Waals surface area contributed by atoms with Crippen LogP contribution in [0.2, 0.25) is 0 Å². The van der Waals surface area contributed by atoms with Crippen LogP contribution in [0.3, 0.4) is 0 Å². The molecular formula is C14H19NO. The van der Waals surface area contributed by atoms with Gasteiger partial charge in [0.2, 0.25) is 0 Å². The zero-order chi connectivity index (χ0) is 11.2. The van der Waals surface area contributed by atoms with Gasteiger partial charge in [0.25, 0.3) is 0 Å². The molecule has 2 rings (SSSR count). The van der Waals surface area contributed by atoms with E-state index in [-0.39, 0.29) is 0 Å². The van der Waals surface area contributed by atoms with E-state index < -0.39 is 0 Å². The highest BCUT2D eigenvalue weighted by Crippen LogP contribution is 2.05. The van der Waals surface area contributed by atoms with Crippen molar-refractivity contribution in [3.05, 3.63) is 42.0 Å². The second-order valence-corrected chi connectivity index (χ2v) is 4.25. The van der Waals surface area contributed by atoms with Gasteiger partial charge < -0.3 is 4.74 Å². The predicted octanol–water partition coefficient (Wildman–Crippen LogP) is 2.42. The molecule has 2 heteroatoms. The van der Waals surface area contributed by atoms with Gasteiger partial charge in [-0.2, -0.15) is 0 Å². The highest BCUT2D eigenvalue weighted by atomic mass is 16.5. The molecule has 0 aromatic heterocycles. The molecule has 1 aromatic carbocycles. The molecular weight excluding hydrogens is 198 g/mol. The normalized spacial score (nSPS) is 22.7. The maximum Gasteiger partial charge on any atom is 0.0674 e. The molecule has 0 bridgehead atoms. The molecule has 1 aliphatic rings. The van der Waals surface area contributed by atoms with Crippen LogP contribution in [0.1, 0.15) is 12.5 Å². The van der Waals surface area contributed by atoms with E-state index in [9.17, 15) is 0 Å². The van der Waals surface area contributed by atoms with Crippen molar-refractivity contribution in [1.82, 2.24) is 4.90 Å². The van der Waals surface area contributed by atoms with Crippen molar-refractivity contribution in [3.8, 4) is 0 Å². The monoisotopic (exact) mass is 217 g/mol. The van der Waals surface area contributed by atoms with Crippen LogP contribution in [0.5, 0.6) is 0 Å². The highest BCUT2D eigenvalue weighted by Gasteiger charge is 2.14. The number of hydrogen-bond donors (Lipinski definition) is 0. The largest absolute Gasteiger partial charge is 0.376 e. The van der Waals surface area contributed by atoms with Crippen LogP contribution in [0, 0.1) is 0 Å². The van der Waals surface area contributed by atoms with Gasteiger partial charge in [0, 0.05) is 19.6 Å². The maximum atomic E-state index is 5.51. The van der Waals surface area contributed by atoms with E-state index in [0.717, 1.165) is 26.2 Å². The fourth-order valence-corrected chi connectivity index (χ4v) is 1.96. The molecule has 1 aliphatic heterocycles. The predicted molar refractivity (Wildman–Crippen MR) is 67.3 cm³/mol. The lowest BCUT2D eigenvalue weighted by Gasteiger charge is -2.30. The second kappa shape index (κ2) is 5.83. The summed E-state index contributed by atoms with van der Waals surface area (Å²) in [5.41, 5.74) is 1.27. The van der Waals surface area contributed by atoms with Crippen molar-refractivity contribution in [1.29, 1.82) is 0 Å². The van der Waals surface area contributed by atoms with Gasteiger partial charge in [0.05, 0.1) is 12.7 Å². The second-order valence-electron chi connectivity index (χ2n) is 4.25. The van der Waals surface area contributed by atoms with Gasteiger partial charge in [-0.05, 0) is 12.5 Å². The number of nitrogens with zero attached hydrogens (tertiary/aromatic N) is 1. The van der Waals surface area contributed by atoms with Gasteiger partial charge in [0.1, 0.15) is 0 Å². The Labute approximate surface area is 97.5 Å². The minimum Gasteiger partial charge on any atom is -0.376 e. The van der Waals surface area contributed by atoms with Crippen LogP contribution in [0.4, 0.5) is 0 Å². The zero-order valence-corrected chi connectivity index (χ0v) is 9.80. The first-order valence-electron chi connectivity index (χ1n) is 5.90. The molecule has 0 saturated carbocycles. The van der Waals surface area contributed by atoms with E-state index in [2.05, 4.69) is 48.2 Å². The molecule has 1 atom stereocenters. The fraction of sp³-hybridized carbons (Fsp3) is 0.429. The van der Waals surface area contributed by atoms with Gasteiger partial charge in [-0.1, -0.05) is 42.5 Å². The molecule has 0 spiro atoms. The van der Waals surface area contributed by atoms with Gasteiger partial charge in [-0.3, -0.25) is 4.90 Å². The van der Waals surface area contributed by atoms with E-state index in [1.54, 1.807) is 0 Å². The molecule has 1 unspecified atom stereocenters. The first-order valence-corrected chi connectivity index (χ1v) is 5.90. The van der Waals surface area contributed by atoms with Crippen molar-refractivity contribution in [2.45, 2.75) is 13.0 Å². The molecule has 1 aromatic rings. The van der Waals surface area contributed by atoms with Crippen LogP contribution < -0.4 is 0 Å². The summed E-state index contributed by atoms with van der Waals surface area (Å²) in [7, 11) is 0. The Morgan fingerprint density at radius 1 is 1.38 bits per heavy atom. The standard InChI is InChI=1S/C14H19NO/c1-13-12-15(10-11-16-13)9-5-8-14-6-3-2-4-7-14/h2-8,13H,9-12H2,1H3/b8-5+. The molecule has 86 valence electrons. The highest BCUT2D eigenvalue weighted by molar-refractivity contribution is 5.48. The summed E-state index contributed by atoms with van der Waals surface area (Å²) >= 11 is 0. The van der Waals surface area contributed by atoms with Crippen LogP contribution in [0.15, 0.2) is 36.4 Å². The Kier molecular flexibility index (Phi) is 4.14. The van der Waals surface area contributed by atoms with Crippen LogP contribution in [-0.4, -0.2) is 37.2 Å². The summed E-state index contributed by atoms with van der Waals surface area (Å²) in [6, 6.07) is 10.4. The summed E-state index contributed by atoms with van der Waals surface area (Å²) in [5, 5.41) is 0. The van der Waals surface area contributed by atoms with Crippen LogP contribution in [0.25, 0.3) is 6.08 Å². The molecule has 0 radical (unpaired) electrons. The third-order valence-corrected chi connectivity index (χ3v) is 2.80. The van der Waals surface area contributed by atoms with Gasteiger partial charge in [0.15, 0.2) is 0 Å².